The molecule has 1 aromatic heterocycles. The molecule has 0 amide bonds. The molecular weight excluding hydrogens is 286 g/mol. The monoisotopic (exact) mass is 297 g/mol. The Balaban J connectivity index is 2.44. The van der Waals surface area contributed by atoms with Gasteiger partial charge in [-0.3, -0.25) is 0 Å². The minimum Gasteiger partial charge on any atom is -0.398 e. The lowest BCUT2D eigenvalue weighted by Crippen LogP contribution is -2.08. The predicted molar refractivity (Wildman–Crippen MR) is 71.8 cm³/mol. The Morgan fingerprint density at radius 2 is 2.19 bits per heavy atom. The average Bonchev–Trinajstić information content (AvgIpc) is 2.78. The van der Waals surface area contributed by atoms with Crippen LogP contribution in [0.15, 0.2) is 39.5 Å². The van der Waals surface area contributed by atoms with Crippen LogP contribution in [0, 0.1) is 0 Å². The molecular formula is C12H12BrNOS. The third kappa shape index (κ3) is 2.29. The summed E-state index contributed by atoms with van der Waals surface area (Å²) in [7, 11) is 0. The van der Waals surface area contributed by atoms with Gasteiger partial charge in [-0.15, -0.1) is 0 Å². The number of rotatable bonds is 3. The molecule has 0 fully saturated rings. The summed E-state index contributed by atoms with van der Waals surface area (Å²) in [5.74, 6) is -0.0382. The maximum absolute atomic E-state index is 9.50. The van der Waals surface area contributed by atoms with Gasteiger partial charge in [0.2, 0.25) is 0 Å². The maximum atomic E-state index is 9.50. The van der Waals surface area contributed by atoms with Crippen LogP contribution >= 0.6 is 27.3 Å². The fourth-order valence-corrected chi connectivity index (χ4v) is 2.80. The third-order valence-corrected chi connectivity index (χ3v) is 3.75. The molecule has 0 saturated carbocycles. The van der Waals surface area contributed by atoms with E-state index >= 15 is 0 Å². The molecule has 1 atom stereocenters. The van der Waals surface area contributed by atoms with Crippen LogP contribution in [0.3, 0.4) is 0 Å². The number of anilines is 1. The number of halogens is 1. The predicted octanol–water partition coefficient (Wildman–Crippen LogP) is 3.22. The lowest BCUT2D eigenvalue weighted by atomic mass is 9.93. The van der Waals surface area contributed by atoms with Crippen molar-refractivity contribution in [3.8, 4) is 0 Å². The highest BCUT2D eigenvalue weighted by Gasteiger charge is 2.16. The second kappa shape index (κ2) is 4.99. The van der Waals surface area contributed by atoms with E-state index in [0.717, 1.165) is 15.6 Å². The molecule has 0 spiro atoms. The standard InChI is InChI=1S/C12H12BrNOS/c13-9-1-2-12(14)10(5-9)11(6-15)8-3-4-16-7-8/h1-5,7,11,15H,6,14H2. The zero-order valence-electron chi connectivity index (χ0n) is 8.56. The van der Waals surface area contributed by atoms with Crippen molar-refractivity contribution in [3.05, 3.63) is 50.6 Å². The van der Waals surface area contributed by atoms with Crippen LogP contribution < -0.4 is 5.73 Å². The molecule has 0 aliphatic carbocycles. The smallest absolute Gasteiger partial charge is 0.0541 e. The van der Waals surface area contributed by atoms with Crippen molar-refractivity contribution in [1.82, 2.24) is 0 Å². The molecule has 0 radical (unpaired) electrons. The van der Waals surface area contributed by atoms with Crippen molar-refractivity contribution in [3.63, 3.8) is 0 Å². The first-order valence-electron chi connectivity index (χ1n) is 4.90. The third-order valence-electron chi connectivity index (χ3n) is 2.55. The Morgan fingerprint density at radius 3 is 2.81 bits per heavy atom. The van der Waals surface area contributed by atoms with Gasteiger partial charge in [-0.25, -0.2) is 0 Å². The first-order valence-corrected chi connectivity index (χ1v) is 6.64. The van der Waals surface area contributed by atoms with E-state index < -0.39 is 0 Å². The molecule has 0 saturated heterocycles. The van der Waals surface area contributed by atoms with Crippen molar-refractivity contribution in [1.29, 1.82) is 0 Å². The number of benzene rings is 1. The summed E-state index contributed by atoms with van der Waals surface area (Å²) < 4.78 is 0.977. The molecule has 0 aliphatic heterocycles. The number of hydrogen-bond acceptors (Lipinski definition) is 3. The van der Waals surface area contributed by atoms with E-state index in [2.05, 4.69) is 15.9 Å². The molecule has 16 heavy (non-hydrogen) atoms. The number of nitrogen functional groups attached to an aromatic ring is 1. The highest BCUT2D eigenvalue weighted by molar-refractivity contribution is 9.10. The molecule has 3 N–H and O–H groups in total. The fraction of sp³-hybridized carbons (Fsp3) is 0.167. The quantitative estimate of drug-likeness (QED) is 0.855. The molecule has 1 unspecified atom stereocenters. The summed E-state index contributed by atoms with van der Waals surface area (Å²) in [5, 5.41) is 13.5. The molecule has 84 valence electrons. The van der Waals surface area contributed by atoms with Crippen LogP contribution in [0.2, 0.25) is 0 Å². The first kappa shape index (κ1) is 11.6. The lowest BCUT2D eigenvalue weighted by Gasteiger charge is -2.16. The Hall–Kier alpha value is -0.840. The van der Waals surface area contributed by atoms with Gasteiger partial charge in [0.05, 0.1) is 6.61 Å². The van der Waals surface area contributed by atoms with Crippen LogP contribution in [-0.2, 0) is 0 Å². The van der Waals surface area contributed by atoms with Crippen LogP contribution in [0.25, 0.3) is 0 Å². The Morgan fingerprint density at radius 1 is 1.38 bits per heavy atom. The van der Waals surface area contributed by atoms with E-state index in [4.69, 9.17) is 5.73 Å². The van der Waals surface area contributed by atoms with Gasteiger partial charge < -0.3 is 10.8 Å². The molecule has 0 aliphatic rings. The summed E-state index contributed by atoms with van der Waals surface area (Å²) in [6.07, 6.45) is 0. The van der Waals surface area contributed by atoms with E-state index in [9.17, 15) is 5.11 Å². The second-order valence-corrected chi connectivity index (χ2v) is 5.26. The van der Waals surface area contributed by atoms with Crippen LogP contribution in [0.4, 0.5) is 5.69 Å². The normalized spacial score (nSPS) is 12.6. The van der Waals surface area contributed by atoms with Crippen LogP contribution in [0.5, 0.6) is 0 Å². The van der Waals surface area contributed by atoms with Crippen molar-refractivity contribution in [2.75, 3.05) is 12.3 Å². The highest BCUT2D eigenvalue weighted by Crippen LogP contribution is 2.31. The number of nitrogens with two attached hydrogens (primary N) is 1. The van der Waals surface area contributed by atoms with Gasteiger partial charge in [-0.1, -0.05) is 15.9 Å². The first-order chi connectivity index (χ1) is 7.72. The van der Waals surface area contributed by atoms with E-state index in [1.807, 2.05) is 35.0 Å². The van der Waals surface area contributed by atoms with Gasteiger partial charge in [-0.05, 0) is 46.2 Å². The molecule has 1 heterocycles. The van der Waals surface area contributed by atoms with Gasteiger partial charge in [0.1, 0.15) is 0 Å². The van der Waals surface area contributed by atoms with Crippen LogP contribution in [0.1, 0.15) is 17.0 Å². The Bertz CT molecular complexity index is 470. The van der Waals surface area contributed by atoms with Crippen molar-refractivity contribution >= 4 is 33.0 Å². The maximum Gasteiger partial charge on any atom is 0.0541 e. The largest absolute Gasteiger partial charge is 0.398 e. The van der Waals surface area contributed by atoms with E-state index in [1.54, 1.807) is 11.3 Å². The molecule has 1 aromatic carbocycles. The summed E-state index contributed by atoms with van der Waals surface area (Å²) in [6, 6.07) is 7.75. The van der Waals surface area contributed by atoms with Gasteiger partial charge >= 0.3 is 0 Å². The highest BCUT2D eigenvalue weighted by atomic mass is 79.9. The topological polar surface area (TPSA) is 46.2 Å². The fourth-order valence-electron chi connectivity index (χ4n) is 1.70. The SMILES string of the molecule is Nc1ccc(Br)cc1C(CO)c1ccsc1. The number of hydrogen-bond donors (Lipinski definition) is 2. The zero-order chi connectivity index (χ0) is 11.5. The lowest BCUT2D eigenvalue weighted by molar-refractivity contribution is 0.281. The number of aliphatic hydroxyl groups excluding tert-OH is 1. The van der Waals surface area contributed by atoms with E-state index in [-0.39, 0.29) is 12.5 Å². The Labute approximate surface area is 107 Å². The van der Waals surface area contributed by atoms with Gasteiger partial charge in [-0.2, -0.15) is 11.3 Å². The average molecular weight is 298 g/mol. The Kier molecular flexibility index (Phi) is 3.63. The minimum atomic E-state index is -0.0382. The summed E-state index contributed by atoms with van der Waals surface area (Å²) >= 11 is 5.05. The van der Waals surface area contributed by atoms with Crippen molar-refractivity contribution < 1.29 is 5.11 Å². The van der Waals surface area contributed by atoms with Gasteiger partial charge in [0.25, 0.3) is 0 Å². The molecule has 2 aromatic rings. The van der Waals surface area contributed by atoms with E-state index in [1.165, 1.54) is 0 Å². The summed E-state index contributed by atoms with van der Waals surface area (Å²) in [4.78, 5) is 0. The van der Waals surface area contributed by atoms with E-state index in [0.29, 0.717) is 5.69 Å². The molecule has 2 nitrogen and oxygen atoms in total. The van der Waals surface area contributed by atoms with Crippen molar-refractivity contribution in [2.24, 2.45) is 0 Å². The van der Waals surface area contributed by atoms with Crippen LogP contribution in [-0.4, -0.2) is 11.7 Å². The van der Waals surface area contributed by atoms with Gasteiger partial charge in [0, 0.05) is 16.1 Å². The number of aliphatic hydroxyl groups is 1. The zero-order valence-corrected chi connectivity index (χ0v) is 11.0. The van der Waals surface area contributed by atoms with Gasteiger partial charge in [0.15, 0.2) is 0 Å². The minimum absolute atomic E-state index is 0.0382. The number of thiophene rings is 1. The molecule has 0 bridgehead atoms. The molecule has 2 rings (SSSR count). The molecule has 4 heteroatoms. The van der Waals surface area contributed by atoms with Crippen molar-refractivity contribution in [2.45, 2.75) is 5.92 Å². The summed E-state index contributed by atoms with van der Waals surface area (Å²) in [5.41, 5.74) is 8.74. The summed E-state index contributed by atoms with van der Waals surface area (Å²) in [6.45, 7) is 0.0669. The second-order valence-electron chi connectivity index (χ2n) is 3.57.